The van der Waals surface area contributed by atoms with Crippen LogP contribution in [0.3, 0.4) is 0 Å². The molecule has 0 saturated carbocycles. The highest BCUT2D eigenvalue weighted by Crippen LogP contribution is 2.40. The highest BCUT2D eigenvalue weighted by molar-refractivity contribution is 7.84. The lowest BCUT2D eigenvalue weighted by atomic mass is 9.92. The predicted octanol–water partition coefficient (Wildman–Crippen LogP) is 13.0. The van der Waals surface area contributed by atoms with Crippen LogP contribution in [-0.2, 0) is 10.1 Å². The molecule has 0 amide bonds. The maximum absolute atomic E-state index is 9.67. The third kappa shape index (κ3) is 24.1. The summed E-state index contributed by atoms with van der Waals surface area (Å²) in [5.41, 5.74) is 43.0. The molecule has 0 unspecified atom stereocenters. The van der Waals surface area contributed by atoms with Crippen molar-refractivity contribution >= 4 is 53.1 Å². The fourth-order valence-electron chi connectivity index (χ4n) is 16.6. The number of benzene rings is 8. The summed E-state index contributed by atoms with van der Waals surface area (Å²) < 4.78 is 70.3. The molecule has 11 nitrogen and oxygen atoms in total. The van der Waals surface area contributed by atoms with Crippen molar-refractivity contribution in [3.05, 3.63) is 268 Å². The Hall–Kier alpha value is -8.42. The fraction of sp³-hybridized carbons (Fsp3) is 0.398. The van der Waals surface area contributed by atoms with Crippen LogP contribution < -0.4 is 53.0 Å². The van der Waals surface area contributed by atoms with Gasteiger partial charge in [0, 0.05) is 42.4 Å². The Kier molecular flexibility index (Phi) is 35.2. The van der Waals surface area contributed by atoms with Crippen LogP contribution in [0, 0.1) is 138 Å². The summed E-state index contributed by atoms with van der Waals surface area (Å²) in [5.74, 6) is 2.06. The highest BCUT2D eigenvalue weighted by atomic mass is 79.9. The number of imidazole rings is 2. The quantitative estimate of drug-likeness (QED) is 0.0526. The maximum atomic E-state index is 9.67. The lowest BCUT2D eigenvalue weighted by Crippen LogP contribution is -3.00. The zero-order chi connectivity index (χ0) is 81.3. The Balaban J connectivity index is 0.000000301. The number of aryl methyl sites for hydroxylation is 18. The summed E-state index contributed by atoms with van der Waals surface area (Å²) in [4.78, 5) is 4.91. The summed E-state index contributed by atoms with van der Waals surface area (Å²) in [5, 5.41) is 0. The van der Waals surface area contributed by atoms with Crippen molar-refractivity contribution in [1.82, 2.24) is 9.13 Å². The lowest BCUT2D eigenvalue weighted by molar-refractivity contribution is -0.602. The summed E-state index contributed by atoms with van der Waals surface area (Å²) in [6.07, 6.45) is 14.0. The van der Waals surface area contributed by atoms with Gasteiger partial charge in [-0.2, -0.15) is 9.13 Å². The molecule has 0 atom stereocenters. The van der Waals surface area contributed by atoms with Gasteiger partial charge in [-0.05, 0) is 215 Å². The van der Waals surface area contributed by atoms with E-state index in [1.807, 2.05) is 0 Å². The second-order valence-corrected chi connectivity index (χ2v) is 33.3. The third-order valence-electron chi connectivity index (χ3n) is 20.5. The Bertz CT molecular complexity index is 4780. The number of para-hydroxylation sites is 2. The first-order valence-electron chi connectivity index (χ1n) is 38.4. The van der Waals surface area contributed by atoms with Crippen LogP contribution in [0.25, 0.3) is 22.7 Å². The van der Waals surface area contributed by atoms with Gasteiger partial charge in [0.25, 0.3) is 12.7 Å². The topological polar surface area (TPSA) is 87.3 Å². The van der Waals surface area contributed by atoms with Gasteiger partial charge in [0.15, 0.2) is 0 Å². The molecular weight excluding hydrogens is 1510 g/mol. The Morgan fingerprint density at radius 3 is 1.04 bits per heavy atom. The molecule has 2 aromatic heterocycles. The molecule has 0 saturated heterocycles. The largest absolute Gasteiger partial charge is 1.00 e. The second-order valence-electron chi connectivity index (χ2n) is 31.9. The van der Waals surface area contributed by atoms with Crippen LogP contribution in [0.1, 0.15) is 213 Å². The van der Waals surface area contributed by atoms with E-state index < -0.39 is 17.7 Å². The van der Waals surface area contributed by atoms with Gasteiger partial charge in [-0.3, -0.25) is 12.9 Å². The van der Waals surface area contributed by atoms with E-state index in [0.29, 0.717) is 29.9 Å². The number of aromatic nitrogens is 4. The first kappa shape index (κ1) is 96.0. The summed E-state index contributed by atoms with van der Waals surface area (Å²) >= 11 is 0. The molecule has 2 aliphatic heterocycles. The van der Waals surface area contributed by atoms with E-state index in [4.69, 9.17) is 13.0 Å². The molecule has 10 aromatic rings. The molecule has 12 rings (SSSR count). The molecule has 0 bridgehead atoms. The van der Waals surface area contributed by atoms with Gasteiger partial charge < -0.3 is 38.6 Å². The average molecular weight is 1640 g/mol. The molecule has 19 heteroatoms. The standard InChI is InChI=1S/C27H39N2.C23H29N2.C21H27N2.C21H25N2.CH4O3S.BF3.BrH.ClH.FH/c1-18(2)22-11-9-12-23(19(3)4)26(22)28-15-16-29(17-28)27-24(20(5)6)13-10-14-25(27)21(7)8;1-14-9-16(3)22(17(4)10-14)24-13-25(21(8)20(24)7)23-18(5)11-15(2)12-19(23)6;2*1-14-9-16(3)20(17(4)10-14)22-7-8-23(13-22)21-18(5)11-15(2)12-19(21)6;1-5(2,3)4;2-1(3)4;;;/h9-14,17-21H,15-16H2,1-8H3;9-13H,1-8H3;9-13H,7-8H2,1-6H3;7-13H,1-6H3;1H3,(H,2,3,4);;3*1H/q4*+1;;;;;/p-4. The zero-order valence-electron chi connectivity index (χ0n) is 72.1. The molecule has 2 aliphatic rings. The van der Waals surface area contributed by atoms with Crippen LogP contribution in [-0.4, -0.2) is 83.9 Å². The van der Waals surface area contributed by atoms with Crippen LogP contribution in [0.4, 0.5) is 35.7 Å². The minimum atomic E-state index is -3.92. The second kappa shape index (κ2) is 41.1. The van der Waals surface area contributed by atoms with Crippen molar-refractivity contribution in [3.8, 4) is 22.7 Å². The molecule has 0 fully saturated rings. The highest BCUT2D eigenvalue weighted by Gasteiger charge is 2.33. The molecule has 112 heavy (non-hydrogen) atoms. The number of anilines is 2. The van der Waals surface area contributed by atoms with Gasteiger partial charge in [-0.1, -0.05) is 198 Å². The first-order valence-corrected chi connectivity index (χ1v) is 40.2. The number of halogens is 6. The third-order valence-corrected chi connectivity index (χ3v) is 20.5. The van der Waals surface area contributed by atoms with Gasteiger partial charge in [-0.25, -0.2) is 36.5 Å². The molecule has 4 heterocycles. The maximum Gasteiger partial charge on any atom is 0.762 e. The van der Waals surface area contributed by atoms with Gasteiger partial charge in [-0.15, -0.1) is 0 Å². The Labute approximate surface area is 686 Å². The smallest absolute Gasteiger partial charge is 0.762 e. The first-order chi connectivity index (χ1) is 50.9. The lowest BCUT2D eigenvalue weighted by Gasteiger charge is -2.20. The normalized spacial score (nSPS) is 12.3. The van der Waals surface area contributed by atoms with E-state index in [1.165, 1.54) is 179 Å². The van der Waals surface area contributed by atoms with Gasteiger partial charge in [0.05, 0.1) is 10.1 Å². The van der Waals surface area contributed by atoms with Crippen molar-refractivity contribution in [2.45, 2.75) is 218 Å². The summed E-state index contributed by atoms with van der Waals surface area (Å²) in [6, 6.07) is 40.9. The van der Waals surface area contributed by atoms with Gasteiger partial charge in [0.1, 0.15) is 95.5 Å². The van der Waals surface area contributed by atoms with E-state index >= 15 is 0 Å². The van der Waals surface area contributed by atoms with Crippen molar-refractivity contribution < 1.29 is 78.3 Å². The molecule has 0 aliphatic carbocycles. The van der Waals surface area contributed by atoms with Gasteiger partial charge >= 0.3 is 7.54 Å². The number of hydrogen-bond donors (Lipinski definition) is 0. The van der Waals surface area contributed by atoms with Crippen LogP contribution >= 0.6 is 0 Å². The Morgan fingerprint density at radius 2 is 0.696 bits per heavy atom. The monoisotopic (exact) mass is 1630 g/mol. The number of nitrogens with zero attached hydrogens (tertiary/aromatic N) is 8. The molecular formula is C93H123BBrClF4N8O3S. The summed E-state index contributed by atoms with van der Waals surface area (Å²) in [7, 11) is -7.58. The van der Waals surface area contributed by atoms with Crippen molar-refractivity contribution in [2.24, 2.45) is 0 Å². The molecule has 0 N–H and O–H groups in total. The molecule has 0 radical (unpaired) electrons. The minimum absolute atomic E-state index is 0. The fourth-order valence-corrected chi connectivity index (χ4v) is 16.6. The van der Waals surface area contributed by atoms with E-state index in [2.05, 4.69) is 378 Å². The van der Waals surface area contributed by atoms with E-state index in [0.717, 1.165) is 26.2 Å². The predicted molar refractivity (Wildman–Crippen MR) is 453 cm³/mol. The van der Waals surface area contributed by atoms with Crippen LogP contribution in [0.5, 0.6) is 0 Å². The SMILES string of the molecule is CC(C)c1cccc(C(C)C)c1N1C=[N+](c2c(C(C)C)cccc2C(C)C)CC1.CS(=O)(=O)[O-].Cc1cc(C)c(-n2c[n+](-c3c(C)cc(C)cc3C)c(C)c2C)c(C)c1.Cc1cc(C)c(-n2cc[n+](-c3c(C)cc(C)cc3C)c2)c(C)c1.Cc1cc(C)c(N2C=[N+](c3c(C)cc(C)cc3C)CC2)c(C)c1.FB(F)F.[Br-].[Cl-].[F-]. The number of rotatable bonds is 12. The van der Waals surface area contributed by atoms with E-state index in [1.54, 1.807) is 0 Å². The van der Waals surface area contributed by atoms with Crippen molar-refractivity contribution in [1.29, 1.82) is 0 Å². The van der Waals surface area contributed by atoms with E-state index in [9.17, 15) is 12.9 Å². The molecule has 0 spiro atoms. The van der Waals surface area contributed by atoms with Gasteiger partial charge in [0.2, 0.25) is 12.7 Å². The average Bonchev–Trinajstić information content (AvgIpc) is 1.58. The number of hydrogen-bond acceptors (Lipinski definition) is 5. The summed E-state index contributed by atoms with van der Waals surface area (Å²) in [6.45, 7) is 66.4. The zero-order valence-corrected chi connectivity index (χ0v) is 75.2. The van der Waals surface area contributed by atoms with Crippen LogP contribution in [0.2, 0.25) is 0 Å². The van der Waals surface area contributed by atoms with E-state index in [-0.39, 0.29) is 34.1 Å². The Morgan fingerprint density at radius 1 is 0.411 bits per heavy atom. The molecule has 604 valence electrons. The minimum Gasteiger partial charge on any atom is -1.00 e. The molecule has 8 aromatic carbocycles. The van der Waals surface area contributed by atoms with Crippen LogP contribution in [0.15, 0.2) is 134 Å². The van der Waals surface area contributed by atoms with Crippen molar-refractivity contribution in [3.63, 3.8) is 0 Å². The van der Waals surface area contributed by atoms with Crippen molar-refractivity contribution in [2.75, 3.05) is 42.2 Å².